The largest absolute Gasteiger partial charge is 0.845 e. The second-order valence-corrected chi connectivity index (χ2v) is 0.349. The fourth-order valence-electron chi connectivity index (χ4n) is 0. The summed E-state index contributed by atoms with van der Waals surface area (Å²) in [6.07, 6.45) is 0. The second kappa shape index (κ2) is 186. The first kappa shape index (κ1) is 196. The molecule has 3 nitrogen and oxygen atoms in total. The van der Waals surface area contributed by atoms with E-state index in [2.05, 4.69) is 0 Å². The van der Waals surface area contributed by atoms with Crippen molar-refractivity contribution in [3.63, 3.8) is 0 Å². The van der Waals surface area contributed by atoms with Gasteiger partial charge in [-0.3, -0.25) is 0 Å². The molecule has 0 amide bonds. The molecule has 0 aliphatic carbocycles. The Kier molecular flexibility index (Phi) is 1220. The average Bonchev–Trinajstić information content (AvgIpc) is 0.811. The molecule has 0 aromatic carbocycles. The Morgan fingerprint density at radius 2 is 0.233 bits per heavy atom. The molecule has 0 aromatic heterocycles. The third-order valence-corrected chi connectivity index (χ3v) is 0. The minimum atomic E-state index is -1.08. The summed E-state index contributed by atoms with van der Waals surface area (Å²) in [4.78, 5) is 0. The first-order valence-electron chi connectivity index (χ1n) is 0.724. The minimum absolute atomic E-state index is 0. The minimum Gasteiger partial charge on any atom is -0.845 e. The van der Waals surface area contributed by atoms with Gasteiger partial charge < -0.3 is 22.8 Å². The summed E-state index contributed by atoms with van der Waals surface area (Å²) in [6.45, 7) is 0. The molecule has 0 heterocycles. The van der Waals surface area contributed by atoms with E-state index in [4.69, 9.17) is 16.9 Å². The Balaban J connectivity index is -0.000000000138. The quantitative estimate of drug-likeness (QED) is 0.257. The fourth-order valence-corrected chi connectivity index (χ4v) is 0. The van der Waals surface area contributed by atoms with Crippen LogP contribution in [0.3, 0.4) is 0 Å². The van der Waals surface area contributed by atoms with Crippen LogP contribution in [0.1, 0.15) is 0 Å². The van der Waals surface area contributed by atoms with Crippen LogP contribution in [0.25, 0.3) is 16.9 Å². The Morgan fingerprint density at radius 1 is 0.233 bits per heavy atom. The Labute approximate surface area is 840 Å². The fraction of sp³-hybridized carbons (Fsp3) is 0. The van der Waals surface area contributed by atoms with Gasteiger partial charge in [0, 0.05) is 850 Å². The summed E-state index contributed by atoms with van der Waals surface area (Å²) in [7, 11) is 0. The van der Waals surface area contributed by atoms with Gasteiger partial charge in [0.25, 0.3) is 0 Å². The number of hydrogen-bond donors (Lipinski definition) is 0. The number of rotatable bonds is 0. The Bertz CT molecular complexity index is 43.3. The summed E-state index contributed by atoms with van der Waals surface area (Å²) in [6, 6.07) is 0. The summed E-state index contributed by atoms with van der Waals surface area (Å²) >= 11 is 0. The summed E-state index contributed by atoms with van der Waals surface area (Å²) < 4.78 is 0. The van der Waals surface area contributed by atoms with E-state index in [0.717, 1.165) is 0 Å². The predicted octanol–water partition coefficient (Wildman–Crippen LogP) is 0.951. The van der Waals surface area contributed by atoms with Gasteiger partial charge >= 0.3 is 0 Å². The van der Waals surface area contributed by atoms with E-state index in [1.165, 1.54) is 0 Å². The average molecular weight is 2370 g/mol. The van der Waals surface area contributed by atoms with Crippen LogP contribution in [0.4, 0.5) is 0 Å². The maximum Gasteiger partial charge on any atom is 0 e. The topological polar surface area (TPSA) is 69.9 Å². The zero-order valence-electron chi connectivity index (χ0n) is 17.0. The van der Waals surface area contributed by atoms with Gasteiger partial charge in [-0.05, 0) is 0 Å². The number of guanidine groups is 1. The zero-order chi connectivity index (χ0) is 3.58. The molecule has 0 aliphatic rings. The first-order valence-corrected chi connectivity index (χ1v) is 0.724. The molecule has 0 fully saturated rings. The smallest absolute Gasteiger partial charge is 0 e. The van der Waals surface area contributed by atoms with Crippen LogP contribution in [0.5, 0.6) is 0 Å². The van der Waals surface area contributed by atoms with Crippen LogP contribution in [0.15, 0.2) is 0 Å². The first-order chi connectivity index (χ1) is 1.73. The van der Waals surface area contributed by atoms with Crippen molar-refractivity contribution in [1.82, 2.24) is 0 Å². The van der Waals surface area contributed by atoms with E-state index in [9.17, 15) is 0 Å². The number of nitrogens with zero attached hydrogens (tertiary/aromatic N) is 1. The van der Waals surface area contributed by atoms with Gasteiger partial charge in [-0.15, -0.1) is 0 Å². The molecule has 29 heteroatoms. The van der Waals surface area contributed by atoms with Crippen molar-refractivity contribution in [3.8, 4) is 0 Å². The standard InChI is InChI=1S/CH2N3.26Y/c2-1(3)4;;;;;;;;;;;;;;;;;;;;;;;;;;/h(H2-3,2,3,4);;;;;;;;;;;;;;;;;;;;;;;;;;/q-3;;;;;;;;;;;;;;;;;;;;;;;;;;. The monoisotopic (exact) mass is 2370 g/mol. The van der Waals surface area contributed by atoms with Crippen LogP contribution in [-0.2, 0) is 850 Å². The second-order valence-electron chi connectivity index (χ2n) is 0.349. The van der Waals surface area contributed by atoms with E-state index >= 15 is 0 Å². The van der Waals surface area contributed by atoms with Crippen molar-refractivity contribution in [1.29, 1.82) is 0 Å². The van der Waals surface area contributed by atoms with Crippen LogP contribution in [0.2, 0.25) is 0 Å². The molecule has 0 aliphatic heterocycles. The van der Waals surface area contributed by atoms with Crippen molar-refractivity contribution >= 4 is 5.96 Å². The van der Waals surface area contributed by atoms with Gasteiger partial charge in [-0.25, -0.2) is 0 Å². The normalized spacial score (nSPS) is 0.800. The van der Waals surface area contributed by atoms with E-state index in [1.807, 2.05) is 0 Å². The molecular formula is CH2N3Y26-3. The Hall–Kier alpha value is 28.0. The summed E-state index contributed by atoms with van der Waals surface area (Å²) in [5.74, 6) is -1.08. The summed E-state index contributed by atoms with van der Waals surface area (Å²) in [5, 5.41) is 7.31. The zero-order valence-corrected chi connectivity index (χ0v) is 90.8. The van der Waals surface area contributed by atoms with Crippen LogP contribution < -0.4 is 0 Å². The molecule has 0 saturated carbocycles. The van der Waals surface area contributed by atoms with Crippen molar-refractivity contribution in [2.24, 2.45) is 0 Å². The summed E-state index contributed by atoms with van der Waals surface area (Å²) in [5.41, 5.74) is 11.4. The maximum atomic E-state index is 7.31. The van der Waals surface area contributed by atoms with Gasteiger partial charge in [-0.2, -0.15) is 0 Å². The molecule has 0 unspecified atom stereocenters. The third kappa shape index (κ3) is 216. The van der Waals surface area contributed by atoms with Crippen LogP contribution in [-0.4, -0.2) is 5.96 Å². The molecule has 0 bridgehead atoms. The van der Waals surface area contributed by atoms with Gasteiger partial charge in [0.05, 0.1) is 0 Å². The Morgan fingerprint density at radius 3 is 0.233 bits per heavy atom. The molecule has 0 spiro atoms. The molecule has 0 saturated heterocycles. The van der Waals surface area contributed by atoms with Gasteiger partial charge in [0.2, 0.25) is 0 Å². The van der Waals surface area contributed by atoms with Crippen molar-refractivity contribution in [2.45, 2.75) is 0 Å². The molecule has 26 radical (unpaired) electrons. The van der Waals surface area contributed by atoms with E-state index < -0.39 is 5.96 Å². The maximum absolute atomic E-state index is 7.31. The van der Waals surface area contributed by atoms with Gasteiger partial charge in [0.15, 0.2) is 0 Å². The SMILES string of the molecule is [N-]=C([NH-])[NH-].[Y].[Y].[Y].[Y].[Y].[Y].[Y].[Y].[Y].[Y].[Y].[Y].[Y].[Y].[Y].[Y].[Y].[Y].[Y].[Y].[Y].[Y].[Y].[Y].[Y].[Y]. The van der Waals surface area contributed by atoms with E-state index in [-0.39, 0.29) is 850 Å². The van der Waals surface area contributed by atoms with Gasteiger partial charge in [0.1, 0.15) is 0 Å². The predicted molar refractivity (Wildman–Crippen MR) is 17.0 cm³/mol. The molecule has 102 valence electrons. The molecule has 2 N–H and O–H groups in total. The van der Waals surface area contributed by atoms with Gasteiger partial charge in [-0.1, -0.05) is 0 Å². The number of hydrogen-bond acceptors (Lipinski definition) is 0. The molecule has 30 heavy (non-hydrogen) atoms. The molecular weight excluding hydrogens is 2370 g/mol. The van der Waals surface area contributed by atoms with Crippen molar-refractivity contribution in [2.75, 3.05) is 0 Å². The van der Waals surface area contributed by atoms with Crippen LogP contribution in [0, 0.1) is 0 Å². The van der Waals surface area contributed by atoms with Crippen molar-refractivity contribution < 1.29 is 850 Å². The number of nitrogens with one attached hydrogen (secondary N) is 2. The third-order valence-electron chi connectivity index (χ3n) is 0. The van der Waals surface area contributed by atoms with Crippen molar-refractivity contribution in [3.05, 3.63) is 16.9 Å². The molecule has 0 aromatic rings. The van der Waals surface area contributed by atoms with Crippen LogP contribution >= 0.6 is 0 Å². The van der Waals surface area contributed by atoms with E-state index in [1.54, 1.807) is 0 Å². The van der Waals surface area contributed by atoms with E-state index in [0.29, 0.717) is 0 Å². The molecule has 0 rings (SSSR count). The molecule has 0 atom stereocenters.